The lowest BCUT2D eigenvalue weighted by molar-refractivity contribution is -0.117. The molecule has 1 aliphatic rings. The number of aromatic nitrogens is 1. The summed E-state index contributed by atoms with van der Waals surface area (Å²) in [5, 5.41) is 4.92. The predicted octanol–water partition coefficient (Wildman–Crippen LogP) is 4.64. The van der Waals surface area contributed by atoms with Crippen LogP contribution in [-0.2, 0) is 11.4 Å². The zero-order valence-electron chi connectivity index (χ0n) is 13.8. The number of hydrogen-bond donors (Lipinski definition) is 1. The number of hydrogen-bond acceptors (Lipinski definition) is 5. The van der Waals surface area contributed by atoms with Crippen LogP contribution in [0.1, 0.15) is 24.3 Å². The smallest absolute Gasteiger partial charge is 0.236 e. The summed E-state index contributed by atoms with van der Waals surface area (Å²) in [6.45, 7) is 2.20. The van der Waals surface area contributed by atoms with Gasteiger partial charge in [0.15, 0.2) is 0 Å². The molecule has 1 N–H and O–H groups in total. The minimum Gasteiger partial charge on any atom is -0.487 e. The van der Waals surface area contributed by atoms with Crippen molar-refractivity contribution in [2.45, 2.75) is 26.4 Å². The van der Waals surface area contributed by atoms with Crippen LogP contribution in [0.2, 0.25) is 0 Å². The number of aryl methyl sites for hydroxylation is 1. The Morgan fingerprint density at radius 2 is 2.24 bits per heavy atom. The number of anilines is 1. The molecule has 0 unspecified atom stereocenters. The van der Waals surface area contributed by atoms with E-state index in [2.05, 4.69) is 10.3 Å². The summed E-state index contributed by atoms with van der Waals surface area (Å²) in [6.07, 6.45) is 1.97. The number of nitrogens with zero attached hydrogens (tertiary/aromatic N) is 1. The number of rotatable bonds is 6. The molecule has 2 aromatic heterocycles. The minimum atomic E-state index is 0.0880. The van der Waals surface area contributed by atoms with Gasteiger partial charge in [0, 0.05) is 17.7 Å². The van der Waals surface area contributed by atoms with Gasteiger partial charge in [-0.15, -0.1) is 11.3 Å². The molecule has 0 atom stereocenters. The Hall–Kier alpha value is -2.60. The third-order valence-corrected chi connectivity index (χ3v) is 4.91. The summed E-state index contributed by atoms with van der Waals surface area (Å²) in [5.74, 6) is 2.33. The lowest BCUT2D eigenvalue weighted by atomic mass is 10.3. The van der Waals surface area contributed by atoms with E-state index in [1.165, 1.54) is 0 Å². The average Bonchev–Trinajstić information content (AvgIpc) is 3.19. The minimum absolute atomic E-state index is 0.0880. The number of carbonyl (C=O) groups is 1. The van der Waals surface area contributed by atoms with Gasteiger partial charge in [0.2, 0.25) is 11.8 Å². The van der Waals surface area contributed by atoms with Crippen molar-refractivity contribution in [1.82, 2.24) is 4.98 Å². The zero-order valence-corrected chi connectivity index (χ0v) is 14.6. The van der Waals surface area contributed by atoms with E-state index in [1.807, 2.05) is 48.7 Å². The Kier molecular flexibility index (Phi) is 4.28. The van der Waals surface area contributed by atoms with Gasteiger partial charge in [0.25, 0.3) is 0 Å². The Morgan fingerprint density at radius 3 is 3.00 bits per heavy atom. The van der Waals surface area contributed by atoms with Crippen molar-refractivity contribution in [1.29, 1.82) is 0 Å². The summed E-state index contributed by atoms with van der Waals surface area (Å²) in [5.41, 5.74) is 1.53. The Bertz CT molecular complexity index is 882. The molecule has 3 aromatic rings. The van der Waals surface area contributed by atoms with Crippen molar-refractivity contribution in [3.63, 3.8) is 0 Å². The fourth-order valence-electron chi connectivity index (χ4n) is 2.47. The highest BCUT2D eigenvalue weighted by molar-refractivity contribution is 7.13. The molecule has 0 saturated heterocycles. The van der Waals surface area contributed by atoms with Gasteiger partial charge in [0.1, 0.15) is 23.8 Å². The van der Waals surface area contributed by atoms with E-state index in [4.69, 9.17) is 9.15 Å². The lowest BCUT2D eigenvalue weighted by Crippen LogP contribution is -2.13. The molecule has 0 spiro atoms. The summed E-state index contributed by atoms with van der Waals surface area (Å²) in [4.78, 5) is 17.4. The summed E-state index contributed by atoms with van der Waals surface area (Å²) < 4.78 is 11.6. The van der Waals surface area contributed by atoms with Crippen LogP contribution in [0.3, 0.4) is 0 Å². The molecular formula is C19H18N2O3S. The number of oxazole rings is 1. The average molecular weight is 354 g/mol. The van der Waals surface area contributed by atoms with Crippen LogP contribution < -0.4 is 10.1 Å². The van der Waals surface area contributed by atoms with E-state index in [0.717, 1.165) is 34.9 Å². The van der Waals surface area contributed by atoms with Gasteiger partial charge in [-0.05, 0) is 43.3 Å². The van der Waals surface area contributed by atoms with Gasteiger partial charge in [-0.2, -0.15) is 0 Å². The monoisotopic (exact) mass is 354 g/mol. The van der Waals surface area contributed by atoms with Crippen LogP contribution in [-0.4, -0.2) is 10.9 Å². The van der Waals surface area contributed by atoms with Crippen molar-refractivity contribution in [3.05, 3.63) is 53.2 Å². The molecule has 0 radical (unpaired) electrons. The van der Waals surface area contributed by atoms with Crippen LogP contribution >= 0.6 is 11.3 Å². The molecular weight excluding hydrogens is 336 g/mol. The first kappa shape index (κ1) is 15.9. The predicted molar refractivity (Wildman–Crippen MR) is 96.7 cm³/mol. The molecule has 128 valence electrons. The Balaban J connectivity index is 1.42. The van der Waals surface area contributed by atoms with Crippen molar-refractivity contribution >= 4 is 22.9 Å². The van der Waals surface area contributed by atoms with Gasteiger partial charge in [0.05, 0.1) is 4.88 Å². The molecule has 1 aliphatic carbocycles. The maximum atomic E-state index is 11.9. The highest BCUT2D eigenvalue weighted by Crippen LogP contribution is 2.31. The normalized spacial score (nSPS) is 13.6. The van der Waals surface area contributed by atoms with E-state index >= 15 is 0 Å². The number of thiophene rings is 1. The van der Waals surface area contributed by atoms with Crippen molar-refractivity contribution < 1.29 is 13.9 Å². The molecule has 4 rings (SSSR count). The largest absolute Gasteiger partial charge is 0.487 e. The number of benzene rings is 1. The first-order valence-corrected chi connectivity index (χ1v) is 9.11. The third-order valence-electron chi connectivity index (χ3n) is 4.05. The lowest BCUT2D eigenvalue weighted by Gasteiger charge is -2.08. The second kappa shape index (κ2) is 6.72. The molecule has 1 fully saturated rings. The molecule has 0 aliphatic heterocycles. The molecule has 2 heterocycles. The Morgan fingerprint density at radius 1 is 1.36 bits per heavy atom. The maximum absolute atomic E-state index is 11.9. The molecule has 0 bridgehead atoms. The number of nitrogens with one attached hydrogen (secondary N) is 1. The van der Waals surface area contributed by atoms with Crippen LogP contribution in [0.15, 0.2) is 46.2 Å². The van der Waals surface area contributed by atoms with Crippen molar-refractivity contribution in [2.24, 2.45) is 5.92 Å². The standard InChI is InChI=1S/C19H18N2O3S/c1-12-16(21-19(24-12)17-6-3-9-25-17)11-23-15-5-2-4-14(10-15)20-18(22)13-7-8-13/h2-6,9-10,13H,7-8,11H2,1H3,(H,20,22). The zero-order chi connectivity index (χ0) is 17.2. The molecule has 6 heteroatoms. The second-order valence-corrected chi connectivity index (χ2v) is 7.03. The van der Waals surface area contributed by atoms with Crippen LogP contribution in [0.4, 0.5) is 5.69 Å². The SMILES string of the molecule is Cc1oc(-c2cccs2)nc1COc1cccc(NC(=O)C2CC2)c1. The van der Waals surface area contributed by atoms with Gasteiger partial charge in [-0.25, -0.2) is 4.98 Å². The van der Waals surface area contributed by atoms with Gasteiger partial charge >= 0.3 is 0 Å². The molecule has 1 amide bonds. The number of amides is 1. The first-order valence-electron chi connectivity index (χ1n) is 8.23. The highest BCUT2D eigenvalue weighted by Gasteiger charge is 2.29. The first-order chi connectivity index (χ1) is 12.2. The molecule has 5 nitrogen and oxygen atoms in total. The van der Waals surface area contributed by atoms with Gasteiger partial charge in [-0.3, -0.25) is 4.79 Å². The van der Waals surface area contributed by atoms with Crippen molar-refractivity contribution in [3.8, 4) is 16.5 Å². The van der Waals surface area contributed by atoms with Crippen LogP contribution in [0.5, 0.6) is 5.75 Å². The number of carbonyl (C=O) groups excluding carboxylic acids is 1. The summed E-state index contributed by atoms with van der Waals surface area (Å²) >= 11 is 1.59. The molecule has 1 aromatic carbocycles. The van der Waals surface area contributed by atoms with E-state index in [0.29, 0.717) is 18.2 Å². The quantitative estimate of drug-likeness (QED) is 0.700. The van der Waals surface area contributed by atoms with E-state index in [1.54, 1.807) is 11.3 Å². The fourth-order valence-corrected chi connectivity index (χ4v) is 3.12. The summed E-state index contributed by atoms with van der Waals surface area (Å²) in [6, 6.07) is 11.4. The summed E-state index contributed by atoms with van der Waals surface area (Å²) in [7, 11) is 0. The molecule has 1 saturated carbocycles. The highest BCUT2D eigenvalue weighted by atomic mass is 32.1. The third kappa shape index (κ3) is 3.74. The van der Waals surface area contributed by atoms with E-state index in [-0.39, 0.29) is 11.8 Å². The van der Waals surface area contributed by atoms with Crippen LogP contribution in [0.25, 0.3) is 10.8 Å². The number of ether oxygens (including phenoxy) is 1. The van der Waals surface area contributed by atoms with Crippen molar-refractivity contribution in [2.75, 3.05) is 5.32 Å². The molecule has 25 heavy (non-hydrogen) atoms. The maximum Gasteiger partial charge on any atom is 0.236 e. The van der Waals surface area contributed by atoms with E-state index in [9.17, 15) is 4.79 Å². The fraction of sp³-hybridized carbons (Fsp3) is 0.263. The van der Waals surface area contributed by atoms with Crippen LogP contribution in [0, 0.1) is 12.8 Å². The second-order valence-electron chi connectivity index (χ2n) is 6.08. The van der Waals surface area contributed by atoms with Gasteiger partial charge in [-0.1, -0.05) is 12.1 Å². The van der Waals surface area contributed by atoms with E-state index < -0.39 is 0 Å². The Labute approximate surface area is 149 Å². The topological polar surface area (TPSA) is 64.4 Å². The van der Waals surface area contributed by atoms with Gasteiger partial charge < -0.3 is 14.5 Å².